The Morgan fingerprint density at radius 2 is 1.15 bits per heavy atom. The summed E-state index contributed by atoms with van der Waals surface area (Å²) in [4.78, 5) is 0. The maximum absolute atomic E-state index is 2.46. The van der Waals surface area contributed by atoms with Crippen LogP contribution in [0.25, 0.3) is 59.1 Å². The van der Waals surface area contributed by atoms with Crippen LogP contribution in [0.4, 0.5) is 0 Å². The van der Waals surface area contributed by atoms with Gasteiger partial charge in [0, 0.05) is 49.7 Å². The van der Waals surface area contributed by atoms with E-state index in [1.165, 1.54) is 70.3 Å². The summed E-state index contributed by atoms with van der Waals surface area (Å²) in [6.07, 6.45) is 0. The van der Waals surface area contributed by atoms with Crippen LogP contribution in [-0.4, -0.2) is 0 Å². The molecule has 0 aliphatic heterocycles. The Bertz CT molecular complexity index is 1690. The van der Waals surface area contributed by atoms with Crippen molar-refractivity contribution < 1.29 is 0 Å². The molecule has 27 heavy (non-hydrogen) atoms. The molecule has 0 nitrogen and oxygen atoms in total. The highest BCUT2D eigenvalue weighted by atomic mass is 32.1. The summed E-state index contributed by atoms with van der Waals surface area (Å²) in [5.41, 5.74) is 2.92. The number of rotatable bonds is 0. The highest BCUT2D eigenvalue weighted by Crippen LogP contribution is 2.49. The van der Waals surface area contributed by atoms with Gasteiger partial charge in [-0.1, -0.05) is 0 Å². The van der Waals surface area contributed by atoms with Crippen LogP contribution in [0.2, 0.25) is 0 Å². The Morgan fingerprint density at radius 3 is 2.00 bits per heavy atom. The number of aryl methyl sites for hydroxylation is 2. The van der Waals surface area contributed by atoms with Crippen LogP contribution in [0, 0.1) is 13.8 Å². The van der Waals surface area contributed by atoms with Crippen LogP contribution in [0.1, 0.15) is 11.1 Å². The van der Waals surface area contributed by atoms with Crippen molar-refractivity contribution in [2.75, 3.05) is 0 Å². The van der Waals surface area contributed by atoms with Crippen molar-refractivity contribution in [1.82, 2.24) is 0 Å². The zero-order chi connectivity index (χ0) is 17.9. The van der Waals surface area contributed by atoms with Crippen LogP contribution in [0.5, 0.6) is 0 Å². The van der Waals surface area contributed by atoms with Crippen molar-refractivity contribution in [3.05, 3.63) is 46.2 Å². The summed E-state index contributed by atoms with van der Waals surface area (Å²) < 4.78 is 11.6. The van der Waals surface area contributed by atoms with E-state index in [1.807, 2.05) is 56.7 Å². The molecule has 5 heterocycles. The van der Waals surface area contributed by atoms with Crippen LogP contribution < -0.4 is 0 Å². The van der Waals surface area contributed by atoms with E-state index in [4.69, 9.17) is 0 Å². The highest BCUT2D eigenvalue weighted by molar-refractivity contribution is 7.33. The van der Waals surface area contributed by atoms with Crippen LogP contribution in [0.3, 0.4) is 0 Å². The minimum atomic E-state index is 1.43. The minimum Gasteiger partial charge on any atom is -0.142 e. The second-order valence-corrected chi connectivity index (χ2v) is 12.1. The molecule has 2 aromatic carbocycles. The third-order valence-corrected chi connectivity index (χ3v) is 11.4. The summed E-state index contributed by atoms with van der Waals surface area (Å²) in [5.74, 6) is 0. The zero-order valence-corrected chi connectivity index (χ0v) is 18.6. The smallest absolute Gasteiger partial charge is 0.0532 e. The predicted octanol–water partition coefficient (Wildman–Crippen LogP) is 9.53. The van der Waals surface area contributed by atoms with Gasteiger partial charge in [0.2, 0.25) is 0 Å². The fourth-order valence-electron chi connectivity index (χ4n) is 4.41. The summed E-state index contributed by atoms with van der Waals surface area (Å²) in [6, 6.07) is 9.44. The first-order chi connectivity index (χ1) is 13.2. The molecule has 5 aromatic heterocycles. The third kappa shape index (κ3) is 1.82. The molecule has 0 unspecified atom stereocenters. The second-order valence-electron chi connectivity index (χ2n) is 7.04. The lowest BCUT2D eigenvalue weighted by atomic mass is 10.0. The molecule has 130 valence electrons. The number of thiophene rings is 5. The van der Waals surface area contributed by atoms with E-state index in [-0.39, 0.29) is 0 Å². The molecule has 0 saturated heterocycles. The Kier molecular flexibility index (Phi) is 2.91. The van der Waals surface area contributed by atoms with E-state index < -0.39 is 0 Å². The molecule has 0 aliphatic carbocycles. The maximum atomic E-state index is 2.46. The first kappa shape index (κ1) is 15.4. The maximum Gasteiger partial charge on any atom is 0.0532 e. The molecular weight excluding hydrogens is 425 g/mol. The molecule has 0 bridgehead atoms. The van der Waals surface area contributed by atoms with Gasteiger partial charge in [0.05, 0.1) is 9.40 Å². The van der Waals surface area contributed by atoms with Crippen molar-refractivity contribution in [3.63, 3.8) is 0 Å². The van der Waals surface area contributed by atoms with Crippen molar-refractivity contribution in [1.29, 1.82) is 0 Å². The molecule has 7 rings (SSSR count). The zero-order valence-electron chi connectivity index (χ0n) is 14.5. The van der Waals surface area contributed by atoms with E-state index >= 15 is 0 Å². The SMILES string of the molecule is Cc1c2sc3ccsc3c2cc2sc3c(C)c4c(cc3c12)sc1ccsc14. The normalized spacial score (nSPS) is 12.8. The molecule has 5 heteroatoms. The quantitative estimate of drug-likeness (QED) is 0.222. The molecule has 7 aromatic rings. The van der Waals surface area contributed by atoms with Gasteiger partial charge in [-0.05, 0) is 60.0 Å². The summed E-state index contributed by atoms with van der Waals surface area (Å²) >= 11 is 9.63. The van der Waals surface area contributed by atoms with E-state index in [0.29, 0.717) is 0 Å². The molecule has 0 N–H and O–H groups in total. The first-order valence-electron chi connectivity index (χ1n) is 8.75. The van der Waals surface area contributed by atoms with E-state index in [2.05, 4.69) is 48.9 Å². The van der Waals surface area contributed by atoms with Gasteiger partial charge < -0.3 is 0 Å². The predicted molar refractivity (Wildman–Crippen MR) is 130 cm³/mol. The lowest BCUT2D eigenvalue weighted by Crippen LogP contribution is -1.78. The van der Waals surface area contributed by atoms with Crippen LogP contribution in [-0.2, 0) is 0 Å². The molecular formula is C22H12S5. The first-order valence-corrected chi connectivity index (χ1v) is 13.0. The van der Waals surface area contributed by atoms with Gasteiger partial charge in [-0.15, -0.1) is 56.7 Å². The third-order valence-electron chi connectivity index (χ3n) is 5.61. The molecule has 0 amide bonds. The Morgan fingerprint density at radius 1 is 0.556 bits per heavy atom. The number of benzene rings is 2. The van der Waals surface area contributed by atoms with Crippen molar-refractivity contribution in [3.8, 4) is 0 Å². The van der Waals surface area contributed by atoms with Gasteiger partial charge in [-0.3, -0.25) is 0 Å². The number of hydrogen-bond acceptors (Lipinski definition) is 5. The van der Waals surface area contributed by atoms with Gasteiger partial charge >= 0.3 is 0 Å². The molecule has 0 fully saturated rings. The number of fused-ring (bicyclic) bond motifs is 9. The number of hydrogen-bond donors (Lipinski definition) is 0. The Balaban J connectivity index is 1.74. The van der Waals surface area contributed by atoms with E-state index in [0.717, 1.165) is 0 Å². The monoisotopic (exact) mass is 436 g/mol. The summed E-state index contributed by atoms with van der Waals surface area (Å²) in [7, 11) is 0. The van der Waals surface area contributed by atoms with Gasteiger partial charge in [-0.25, -0.2) is 0 Å². The van der Waals surface area contributed by atoms with Crippen molar-refractivity contribution in [2.24, 2.45) is 0 Å². The average molecular weight is 437 g/mol. The lowest BCUT2D eigenvalue weighted by Gasteiger charge is -2.02. The fourth-order valence-corrected chi connectivity index (χ4v) is 10.4. The summed E-state index contributed by atoms with van der Waals surface area (Å²) in [5, 5.41) is 10.3. The largest absolute Gasteiger partial charge is 0.142 e. The Labute approximate surface area is 174 Å². The average Bonchev–Trinajstić information content (AvgIpc) is 3.39. The molecule has 0 saturated carbocycles. The molecule has 0 radical (unpaired) electrons. The van der Waals surface area contributed by atoms with E-state index in [1.54, 1.807) is 0 Å². The molecule has 0 aliphatic rings. The molecule has 0 atom stereocenters. The van der Waals surface area contributed by atoms with Crippen molar-refractivity contribution in [2.45, 2.75) is 13.8 Å². The van der Waals surface area contributed by atoms with Crippen LogP contribution >= 0.6 is 56.7 Å². The second kappa shape index (κ2) is 5.10. The van der Waals surface area contributed by atoms with Gasteiger partial charge in [0.25, 0.3) is 0 Å². The molecule has 0 spiro atoms. The highest BCUT2D eigenvalue weighted by Gasteiger charge is 2.19. The van der Waals surface area contributed by atoms with Gasteiger partial charge in [-0.2, -0.15) is 0 Å². The van der Waals surface area contributed by atoms with Crippen LogP contribution in [0.15, 0.2) is 35.0 Å². The minimum absolute atomic E-state index is 1.43. The topological polar surface area (TPSA) is 0 Å². The fraction of sp³-hybridized carbons (Fsp3) is 0.0909. The van der Waals surface area contributed by atoms with Crippen molar-refractivity contribution >= 4 is 116 Å². The lowest BCUT2D eigenvalue weighted by molar-refractivity contribution is 1.63. The van der Waals surface area contributed by atoms with Gasteiger partial charge in [0.1, 0.15) is 0 Å². The van der Waals surface area contributed by atoms with Gasteiger partial charge in [0.15, 0.2) is 0 Å². The Hall–Kier alpha value is -1.50. The van der Waals surface area contributed by atoms with E-state index in [9.17, 15) is 0 Å². The standard InChI is InChI=1S/C22H12S5/c1-9-17-11-7-16-18(22-14(25-16)4-6-24-22)10(2)19(11)27-15(17)8-12-20(9)26-13-3-5-23-21(12)13/h3-8H,1-2H3. The summed E-state index contributed by atoms with van der Waals surface area (Å²) in [6.45, 7) is 4.64.